The second-order valence-corrected chi connectivity index (χ2v) is 9.13. The monoisotopic (exact) mass is 453 g/mol. The number of ketones is 1. The summed E-state index contributed by atoms with van der Waals surface area (Å²) in [5.74, 6) is -0.0587. The van der Waals surface area contributed by atoms with Gasteiger partial charge in [0.15, 0.2) is 10.9 Å². The van der Waals surface area contributed by atoms with Crippen molar-refractivity contribution in [3.63, 3.8) is 0 Å². The van der Waals surface area contributed by atoms with E-state index in [0.29, 0.717) is 48.3 Å². The molecule has 3 rings (SSSR count). The highest BCUT2D eigenvalue weighted by Crippen LogP contribution is 2.27. The summed E-state index contributed by atoms with van der Waals surface area (Å²) in [6.07, 6.45) is 0. The molecule has 10 heteroatoms. The number of Topliss-reactive ketones (excluding diaryl/α,β-unsaturated/α-hetero) is 1. The van der Waals surface area contributed by atoms with Gasteiger partial charge in [-0.25, -0.2) is 8.42 Å². The van der Waals surface area contributed by atoms with Crippen LogP contribution in [0.15, 0.2) is 47.4 Å². The molecular weight excluding hydrogens is 434 g/mol. The first-order valence-corrected chi connectivity index (χ1v) is 11.1. The van der Waals surface area contributed by atoms with Crippen molar-refractivity contribution in [3.8, 4) is 0 Å². The van der Waals surface area contributed by atoms with E-state index in [9.17, 15) is 13.2 Å². The molecule has 0 atom stereocenters. The molecule has 0 saturated carbocycles. The Balaban J connectivity index is 1.77. The van der Waals surface area contributed by atoms with E-state index in [4.69, 9.17) is 28.6 Å². The van der Waals surface area contributed by atoms with E-state index in [2.05, 4.69) is 10.6 Å². The SMILES string of the molecule is CC(=O)c1cccc(NC(=S)Nc2cc(S(=O)(=O)N3CCOCC3)ccc2Cl)c1. The van der Waals surface area contributed by atoms with E-state index < -0.39 is 10.0 Å². The topological polar surface area (TPSA) is 87.7 Å². The highest BCUT2D eigenvalue weighted by molar-refractivity contribution is 7.89. The lowest BCUT2D eigenvalue weighted by Crippen LogP contribution is -2.40. The van der Waals surface area contributed by atoms with Crippen molar-refractivity contribution in [2.75, 3.05) is 36.9 Å². The molecule has 1 heterocycles. The summed E-state index contributed by atoms with van der Waals surface area (Å²) in [4.78, 5) is 11.6. The van der Waals surface area contributed by atoms with Crippen LogP contribution in [-0.4, -0.2) is 49.9 Å². The largest absolute Gasteiger partial charge is 0.379 e. The zero-order chi connectivity index (χ0) is 21.0. The van der Waals surface area contributed by atoms with E-state index >= 15 is 0 Å². The smallest absolute Gasteiger partial charge is 0.243 e. The molecule has 0 radical (unpaired) electrons. The normalized spacial score (nSPS) is 15.0. The van der Waals surface area contributed by atoms with Crippen LogP contribution >= 0.6 is 23.8 Å². The Hall–Kier alpha value is -2.04. The number of nitrogens with one attached hydrogen (secondary N) is 2. The summed E-state index contributed by atoms with van der Waals surface area (Å²) in [5.41, 5.74) is 1.54. The van der Waals surface area contributed by atoms with Gasteiger partial charge in [-0.2, -0.15) is 4.31 Å². The zero-order valence-corrected chi connectivity index (χ0v) is 18.0. The standard InChI is InChI=1S/C19H20ClN3O4S2/c1-13(24)14-3-2-4-15(11-14)21-19(28)22-18-12-16(5-6-17(18)20)29(25,26)23-7-9-27-10-8-23/h2-6,11-12H,7-10H2,1H3,(H2,21,22,28). The number of sulfonamides is 1. The molecule has 2 N–H and O–H groups in total. The Kier molecular flexibility index (Phi) is 6.86. The zero-order valence-electron chi connectivity index (χ0n) is 15.6. The van der Waals surface area contributed by atoms with Gasteiger partial charge in [0.25, 0.3) is 0 Å². The van der Waals surface area contributed by atoms with Crippen molar-refractivity contribution < 1.29 is 17.9 Å². The lowest BCUT2D eigenvalue weighted by molar-refractivity contribution is 0.0730. The maximum atomic E-state index is 12.8. The van der Waals surface area contributed by atoms with Crippen LogP contribution < -0.4 is 10.6 Å². The first-order valence-electron chi connectivity index (χ1n) is 8.84. The third kappa shape index (κ3) is 5.31. The number of carbonyl (C=O) groups is 1. The molecule has 1 saturated heterocycles. The maximum Gasteiger partial charge on any atom is 0.243 e. The van der Waals surface area contributed by atoms with Gasteiger partial charge >= 0.3 is 0 Å². The summed E-state index contributed by atoms with van der Waals surface area (Å²) in [5, 5.41) is 6.43. The maximum absolute atomic E-state index is 12.8. The highest BCUT2D eigenvalue weighted by atomic mass is 35.5. The Morgan fingerprint density at radius 1 is 1.14 bits per heavy atom. The van der Waals surface area contributed by atoms with Gasteiger partial charge in [0.05, 0.1) is 28.8 Å². The van der Waals surface area contributed by atoms with E-state index in [1.54, 1.807) is 24.3 Å². The lowest BCUT2D eigenvalue weighted by atomic mass is 10.1. The molecule has 0 bridgehead atoms. The number of hydrogen-bond donors (Lipinski definition) is 2. The number of thiocarbonyl (C=S) groups is 1. The second-order valence-electron chi connectivity index (χ2n) is 6.37. The van der Waals surface area contributed by atoms with Gasteiger partial charge in [0.2, 0.25) is 10.0 Å². The van der Waals surface area contributed by atoms with Crippen molar-refractivity contribution >= 4 is 56.1 Å². The summed E-state index contributed by atoms with van der Waals surface area (Å²) in [6, 6.07) is 11.3. The average Bonchev–Trinajstić information content (AvgIpc) is 2.70. The summed E-state index contributed by atoms with van der Waals surface area (Å²) in [7, 11) is -3.66. The third-order valence-electron chi connectivity index (χ3n) is 4.32. The van der Waals surface area contributed by atoms with Gasteiger partial charge < -0.3 is 15.4 Å². The molecule has 1 aliphatic rings. The van der Waals surface area contributed by atoms with Crippen molar-refractivity contribution in [2.24, 2.45) is 0 Å². The summed E-state index contributed by atoms with van der Waals surface area (Å²) < 4.78 is 32.3. The minimum absolute atomic E-state index is 0.0587. The van der Waals surface area contributed by atoms with Crippen LogP contribution in [0.1, 0.15) is 17.3 Å². The Labute approximate surface area is 180 Å². The van der Waals surface area contributed by atoms with Crippen molar-refractivity contribution in [3.05, 3.63) is 53.1 Å². The molecule has 154 valence electrons. The number of anilines is 2. The molecule has 0 spiro atoms. The van der Waals surface area contributed by atoms with Crippen molar-refractivity contribution in [1.82, 2.24) is 4.31 Å². The van der Waals surface area contributed by atoms with Gasteiger partial charge in [0.1, 0.15) is 0 Å². The van der Waals surface area contributed by atoms with E-state index in [1.807, 2.05) is 0 Å². The van der Waals surface area contributed by atoms with Crippen molar-refractivity contribution in [2.45, 2.75) is 11.8 Å². The van der Waals surface area contributed by atoms with Crippen LogP contribution in [0, 0.1) is 0 Å². The van der Waals surface area contributed by atoms with Gasteiger partial charge in [-0.3, -0.25) is 4.79 Å². The molecule has 2 aromatic rings. The Morgan fingerprint density at radius 3 is 2.55 bits per heavy atom. The minimum atomic E-state index is -3.66. The van der Waals surface area contributed by atoms with Crippen LogP contribution in [0.3, 0.4) is 0 Å². The molecule has 0 amide bonds. The van der Waals surface area contributed by atoms with Crippen LogP contribution in [0.5, 0.6) is 0 Å². The van der Waals surface area contributed by atoms with Gasteiger partial charge in [0, 0.05) is 24.3 Å². The number of hydrogen-bond acceptors (Lipinski definition) is 5. The predicted octanol–water partition coefficient (Wildman–Crippen LogP) is 3.37. The fourth-order valence-corrected chi connectivity index (χ4v) is 4.62. The number of halogens is 1. The van der Waals surface area contributed by atoms with Crippen molar-refractivity contribution in [1.29, 1.82) is 0 Å². The number of benzene rings is 2. The molecular formula is C19H20ClN3O4S2. The Bertz CT molecular complexity index is 1040. The Morgan fingerprint density at radius 2 is 1.86 bits per heavy atom. The van der Waals surface area contributed by atoms with Crippen LogP contribution in [0.4, 0.5) is 11.4 Å². The lowest BCUT2D eigenvalue weighted by Gasteiger charge is -2.26. The number of carbonyl (C=O) groups excluding carboxylic acids is 1. The van der Waals surface area contributed by atoms with Crippen LogP contribution in [0.25, 0.3) is 0 Å². The number of nitrogens with zero attached hydrogens (tertiary/aromatic N) is 1. The third-order valence-corrected chi connectivity index (χ3v) is 6.75. The molecule has 0 unspecified atom stereocenters. The van der Waals surface area contributed by atoms with Gasteiger partial charge in [-0.05, 0) is 49.5 Å². The summed E-state index contributed by atoms with van der Waals surface area (Å²) in [6.45, 7) is 2.83. The quantitative estimate of drug-likeness (QED) is 0.530. The predicted molar refractivity (Wildman–Crippen MR) is 117 cm³/mol. The fourth-order valence-electron chi connectivity index (χ4n) is 2.80. The molecule has 29 heavy (non-hydrogen) atoms. The molecule has 1 fully saturated rings. The average molecular weight is 454 g/mol. The van der Waals surface area contributed by atoms with Gasteiger partial charge in [-0.1, -0.05) is 23.7 Å². The highest BCUT2D eigenvalue weighted by Gasteiger charge is 2.27. The van der Waals surface area contributed by atoms with Crippen LogP contribution in [0.2, 0.25) is 5.02 Å². The number of morpholine rings is 1. The van der Waals surface area contributed by atoms with E-state index in [-0.39, 0.29) is 15.8 Å². The summed E-state index contributed by atoms with van der Waals surface area (Å²) >= 11 is 11.5. The minimum Gasteiger partial charge on any atom is -0.379 e. The second kappa shape index (κ2) is 9.19. The van der Waals surface area contributed by atoms with Crippen LogP contribution in [-0.2, 0) is 14.8 Å². The molecule has 7 nitrogen and oxygen atoms in total. The van der Waals surface area contributed by atoms with E-state index in [1.165, 1.54) is 29.4 Å². The molecule has 1 aliphatic heterocycles. The molecule has 2 aromatic carbocycles. The van der Waals surface area contributed by atoms with Gasteiger partial charge in [-0.15, -0.1) is 0 Å². The molecule has 0 aromatic heterocycles. The fraction of sp³-hybridized carbons (Fsp3) is 0.263. The molecule has 0 aliphatic carbocycles. The first kappa shape index (κ1) is 21.7. The number of ether oxygens (including phenoxy) is 1. The first-order chi connectivity index (χ1) is 13.8. The number of rotatable bonds is 5. The van der Waals surface area contributed by atoms with E-state index in [0.717, 1.165) is 0 Å².